The van der Waals surface area contributed by atoms with Gasteiger partial charge in [-0.25, -0.2) is 13.2 Å². The van der Waals surface area contributed by atoms with Gasteiger partial charge in [0, 0.05) is 26.2 Å². The maximum Gasteiger partial charge on any atom is 0.321 e. The second kappa shape index (κ2) is 6.60. The van der Waals surface area contributed by atoms with Crippen LogP contribution in [0.4, 0.5) is 4.79 Å². The maximum absolute atomic E-state index is 12.9. The average Bonchev–Trinajstić information content (AvgIpc) is 3.24. The van der Waals surface area contributed by atoms with Crippen LogP contribution in [0, 0.1) is 0 Å². The van der Waals surface area contributed by atoms with Crippen LogP contribution in [0.3, 0.4) is 0 Å². The topological polar surface area (TPSA) is 70.2 Å². The van der Waals surface area contributed by atoms with Gasteiger partial charge in [-0.2, -0.15) is 4.31 Å². The third-order valence-corrected chi connectivity index (χ3v) is 6.69. The summed E-state index contributed by atoms with van der Waals surface area (Å²) < 4.78 is 32.2. The molecule has 1 atom stereocenters. The molecule has 0 spiro atoms. The number of likely N-dealkylation sites (tertiary alicyclic amines) is 1. The van der Waals surface area contributed by atoms with E-state index in [1.54, 1.807) is 28.9 Å². The molecule has 2 fully saturated rings. The van der Waals surface area contributed by atoms with Gasteiger partial charge in [0.05, 0.1) is 18.2 Å². The van der Waals surface area contributed by atoms with Crippen LogP contribution in [-0.4, -0.2) is 68.0 Å². The van der Waals surface area contributed by atoms with Crippen molar-refractivity contribution >= 4 is 16.1 Å². The molecule has 7 nitrogen and oxygen atoms in total. The van der Waals surface area contributed by atoms with Gasteiger partial charge in [0.15, 0.2) is 0 Å². The Morgan fingerprint density at radius 2 is 1.71 bits per heavy atom. The van der Waals surface area contributed by atoms with Gasteiger partial charge >= 0.3 is 6.03 Å². The fraction of sp³-hybridized carbons (Fsp3) is 0.562. The Labute approximate surface area is 142 Å². The number of amides is 2. The van der Waals surface area contributed by atoms with Crippen LogP contribution in [0.5, 0.6) is 5.75 Å². The van der Waals surface area contributed by atoms with Gasteiger partial charge in [-0.05, 0) is 44.0 Å². The average molecular weight is 353 g/mol. The quantitative estimate of drug-likeness (QED) is 0.827. The lowest BCUT2D eigenvalue weighted by Gasteiger charge is -2.29. The molecule has 0 aromatic heterocycles. The second-order valence-electron chi connectivity index (χ2n) is 6.09. The lowest BCUT2D eigenvalue weighted by atomic mass is 10.3. The fourth-order valence-corrected chi connectivity index (χ4v) is 4.87. The smallest absolute Gasteiger partial charge is 0.321 e. The first-order chi connectivity index (χ1) is 11.4. The van der Waals surface area contributed by atoms with Crippen LogP contribution in [0.1, 0.15) is 19.8 Å². The number of rotatable bonds is 3. The van der Waals surface area contributed by atoms with E-state index < -0.39 is 16.2 Å². The summed E-state index contributed by atoms with van der Waals surface area (Å²) in [5.74, 6) is 0.606. The molecule has 1 unspecified atom stereocenters. The van der Waals surface area contributed by atoms with Crippen LogP contribution in [0.15, 0.2) is 29.2 Å². The van der Waals surface area contributed by atoms with E-state index in [1.165, 1.54) is 23.5 Å². The lowest BCUT2D eigenvalue weighted by molar-refractivity contribution is 0.149. The third-order valence-electron chi connectivity index (χ3n) is 4.72. The van der Waals surface area contributed by atoms with Gasteiger partial charge in [0.1, 0.15) is 5.75 Å². The molecule has 0 saturated carbocycles. The first-order valence-electron chi connectivity index (χ1n) is 8.16. The Morgan fingerprint density at radius 1 is 1.08 bits per heavy atom. The molecule has 0 aliphatic carbocycles. The standard InChI is InChI=1S/C16H23N3O4S/c1-13-18(16(20)17-9-3-4-10-17)11-12-19(13)24(21,22)15-7-5-14(23-2)6-8-15/h5-8,13H,3-4,9-12H2,1-2H3. The molecule has 0 radical (unpaired) electrons. The fourth-order valence-electron chi connectivity index (χ4n) is 3.29. The minimum atomic E-state index is -3.64. The van der Waals surface area contributed by atoms with Crippen LogP contribution in [0.2, 0.25) is 0 Å². The van der Waals surface area contributed by atoms with Crippen molar-refractivity contribution in [1.29, 1.82) is 0 Å². The highest BCUT2D eigenvalue weighted by molar-refractivity contribution is 7.89. The molecule has 0 bridgehead atoms. The predicted octanol–water partition coefficient (Wildman–Crippen LogP) is 1.56. The molecule has 0 N–H and O–H groups in total. The molecule has 24 heavy (non-hydrogen) atoms. The summed E-state index contributed by atoms with van der Waals surface area (Å²) in [5.41, 5.74) is 0. The summed E-state index contributed by atoms with van der Waals surface area (Å²) in [7, 11) is -2.10. The minimum Gasteiger partial charge on any atom is -0.497 e. The molecule has 2 amide bonds. The van der Waals surface area contributed by atoms with Crippen molar-refractivity contribution in [3.8, 4) is 5.75 Å². The molecule has 2 aliphatic heterocycles. The van der Waals surface area contributed by atoms with E-state index in [0.717, 1.165) is 25.9 Å². The third kappa shape index (κ3) is 2.95. The zero-order valence-corrected chi connectivity index (χ0v) is 14.8. The number of hydrogen-bond acceptors (Lipinski definition) is 4. The van der Waals surface area contributed by atoms with Gasteiger partial charge in [-0.3, -0.25) is 0 Å². The van der Waals surface area contributed by atoms with E-state index in [9.17, 15) is 13.2 Å². The van der Waals surface area contributed by atoms with E-state index >= 15 is 0 Å². The number of carbonyl (C=O) groups excluding carboxylic acids is 1. The second-order valence-corrected chi connectivity index (χ2v) is 7.98. The first kappa shape index (κ1) is 17.0. The monoisotopic (exact) mass is 353 g/mol. The highest BCUT2D eigenvalue weighted by Gasteiger charge is 2.41. The molecule has 2 heterocycles. The van der Waals surface area contributed by atoms with Gasteiger partial charge in [-0.1, -0.05) is 0 Å². The summed E-state index contributed by atoms with van der Waals surface area (Å²) >= 11 is 0. The number of carbonyl (C=O) groups is 1. The molecule has 132 valence electrons. The normalized spacial score (nSPS) is 22.2. The van der Waals surface area contributed by atoms with E-state index in [2.05, 4.69) is 0 Å². The summed E-state index contributed by atoms with van der Waals surface area (Å²) in [6, 6.07) is 6.26. The summed E-state index contributed by atoms with van der Waals surface area (Å²) in [6.45, 7) is 4.02. The minimum absolute atomic E-state index is 0.0626. The SMILES string of the molecule is COc1ccc(S(=O)(=O)N2CCN(C(=O)N3CCCC3)C2C)cc1. The Hall–Kier alpha value is -1.80. The molecule has 1 aromatic rings. The van der Waals surface area contributed by atoms with E-state index in [-0.39, 0.29) is 10.9 Å². The van der Waals surface area contributed by atoms with E-state index in [0.29, 0.717) is 18.8 Å². The number of methoxy groups -OCH3 is 1. The van der Waals surface area contributed by atoms with Crippen molar-refractivity contribution in [2.24, 2.45) is 0 Å². The van der Waals surface area contributed by atoms with Crippen LogP contribution < -0.4 is 4.74 Å². The molecule has 8 heteroatoms. The van der Waals surface area contributed by atoms with E-state index in [4.69, 9.17) is 4.74 Å². The van der Waals surface area contributed by atoms with Gasteiger partial charge in [0.25, 0.3) is 0 Å². The Bertz CT molecular complexity index is 699. The summed E-state index contributed by atoms with van der Waals surface area (Å²) in [4.78, 5) is 16.2. The molecule has 3 rings (SSSR count). The van der Waals surface area contributed by atoms with Gasteiger partial charge < -0.3 is 14.5 Å². The summed E-state index contributed by atoms with van der Waals surface area (Å²) in [5, 5.41) is 0. The number of hydrogen-bond donors (Lipinski definition) is 0. The Morgan fingerprint density at radius 3 is 2.29 bits per heavy atom. The van der Waals surface area contributed by atoms with Gasteiger partial charge in [0.2, 0.25) is 10.0 Å². The zero-order valence-electron chi connectivity index (χ0n) is 14.0. The van der Waals surface area contributed by atoms with Crippen LogP contribution in [-0.2, 0) is 10.0 Å². The van der Waals surface area contributed by atoms with E-state index in [1.807, 2.05) is 0 Å². The molecular weight excluding hydrogens is 330 g/mol. The Balaban J connectivity index is 1.77. The van der Waals surface area contributed by atoms with Crippen LogP contribution >= 0.6 is 0 Å². The Kier molecular flexibility index (Phi) is 4.69. The summed E-state index contributed by atoms with van der Waals surface area (Å²) in [6.07, 6.45) is 1.55. The highest BCUT2D eigenvalue weighted by Crippen LogP contribution is 2.26. The number of ether oxygens (including phenoxy) is 1. The van der Waals surface area contributed by atoms with Crippen LogP contribution in [0.25, 0.3) is 0 Å². The number of benzene rings is 1. The lowest BCUT2D eigenvalue weighted by Crippen LogP contribution is -2.47. The van der Waals surface area contributed by atoms with Gasteiger partial charge in [-0.15, -0.1) is 0 Å². The van der Waals surface area contributed by atoms with Crippen molar-refractivity contribution in [3.05, 3.63) is 24.3 Å². The molecule has 2 saturated heterocycles. The van der Waals surface area contributed by atoms with Crippen molar-refractivity contribution in [1.82, 2.24) is 14.1 Å². The molecule has 2 aliphatic rings. The van der Waals surface area contributed by atoms with Crippen molar-refractivity contribution in [3.63, 3.8) is 0 Å². The highest BCUT2D eigenvalue weighted by atomic mass is 32.2. The van der Waals surface area contributed by atoms with Crippen molar-refractivity contribution < 1.29 is 17.9 Å². The van der Waals surface area contributed by atoms with Crippen molar-refractivity contribution in [2.45, 2.75) is 30.8 Å². The maximum atomic E-state index is 12.9. The first-order valence-corrected chi connectivity index (χ1v) is 9.60. The molecular formula is C16H23N3O4S. The number of nitrogens with zero attached hydrogens (tertiary/aromatic N) is 3. The van der Waals surface area contributed by atoms with Crippen molar-refractivity contribution in [2.75, 3.05) is 33.3 Å². The largest absolute Gasteiger partial charge is 0.497 e. The number of urea groups is 1. The predicted molar refractivity (Wildman–Crippen MR) is 89.3 cm³/mol. The molecule has 1 aromatic carbocycles. The zero-order chi connectivity index (χ0) is 17.3. The number of sulfonamides is 1.